The number of rotatable bonds is 3. The summed E-state index contributed by atoms with van der Waals surface area (Å²) in [6, 6.07) is 11.2. The molecule has 0 atom stereocenters. The van der Waals surface area contributed by atoms with Crippen LogP contribution in [-0.4, -0.2) is 22.0 Å². The largest absolute Gasteiger partial charge is 0.504 e. The second-order valence-electron chi connectivity index (χ2n) is 6.50. The van der Waals surface area contributed by atoms with Gasteiger partial charge in [-0.05, 0) is 31.5 Å². The SMILES string of the molecule is CC(C)Oc1ccccc1C1=C(O)C(=O)c2c(ccc3nc(N)sc23)C1. The van der Waals surface area contributed by atoms with Gasteiger partial charge in [-0.1, -0.05) is 35.6 Å². The zero-order valence-electron chi connectivity index (χ0n) is 14.4. The van der Waals surface area contributed by atoms with Gasteiger partial charge in [0, 0.05) is 23.1 Å². The fourth-order valence-corrected chi connectivity index (χ4v) is 4.17. The Balaban J connectivity index is 1.87. The van der Waals surface area contributed by atoms with Gasteiger partial charge in [-0.25, -0.2) is 4.98 Å². The highest BCUT2D eigenvalue weighted by Crippen LogP contribution is 2.40. The van der Waals surface area contributed by atoms with E-state index in [0.717, 1.165) is 15.8 Å². The normalized spacial score (nSPS) is 14.2. The number of ether oxygens (including phenoxy) is 1. The predicted octanol–water partition coefficient (Wildman–Crippen LogP) is 4.37. The van der Waals surface area contributed by atoms with Crippen molar-refractivity contribution in [1.29, 1.82) is 0 Å². The predicted molar refractivity (Wildman–Crippen MR) is 104 cm³/mol. The molecular weight excluding hydrogens is 348 g/mol. The maximum absolute atomic E-state index is 12.9. The van der Waals surface area contributed by atoms with Crippen molar-refractivity contribution in [3.05, 3.63) is 58.8 Å². The van der Waals surface area contributed by atoms with Gasteiger partial charge in [-0.15, -0.1) is 0 Å². The Labute approximate surface area is 154 Å². The molecule has 0 spiro atoms. The average Bonchev–Trinajstić information content (AvgIpc) is 2.98. The molecular formula is C20H18N2O3S. The number of aliphatic hydroxyl groups excluding tert-OH is 1. The first-order valence-electron chi connectivity index (χ1n) is 8.36. The minimum Gasteiger partial charge on any atom is -0.504 e. The number of ketones is 1. The summed E-state index contributed by atoms with van der Waals surface area (Å²) < 4.78 is 6.59. The van der Waals surface area contributed by atoms with Gasteiger partial charge in [0.2, 0.25) is 5.78 Å². The molecule has 0 radical (unpaired) electrons. The van der Waals surface area contributed by atoms with E-state index in [4.69, 9.17) is 10.5 Å². The van der Waals surface area contributed by atoms with Crippen LogP contribution in [0, 0.1) is 0 Å². The summed E-state index contributed by atoms with van der Waals surface area (Å²) in [5.74, 6) is 0.0232. The van der Waals surface area contributed by atoms with Gasteiger partial charge >= 0.3 is 0 Å². The molecule has 0 amide bonds. The Bertz CT molecular complexity index is 1070. The second kappa shape index (κ2) is 6.14. The number of carbonyl (C=O) groups excluding carboxylic acids is 1. The number of Topliss-reactive ketones (excluding diaryl/α,β-unsaturated/α-hetero) is 1. The number of anilines is 1. The number of allylic oxidation sites excluding steroid dienone is 2. The van der Waals surface area contributed by atoms with E-state index in [1.807, 2.05) is 50.2 Å². The van der Waals surface area contributed by atoms with Gasteiger partial charge in [0.1, 0.15) is 5.75 Å². The fraction of sp³-hybridized carbons (Fsp3) is 0.200. The summed E-state index contributed by atoms with van der Waals surface area (Å²) in [6.07, 6.45) is 0.435. The molecule has 0 aliphatic heterocycles. The number of hydrogen-bond acceptors (Lipinski definition) is 6. The maximum Gasteiger partial charge on any atom is 0.229 e. The Morgan fingerprint density at radius 3 is 2.77 bits per heavy atom. The number of thiazole rings is 1. The van der Waals surface area contributed by atoms with Gasteiger partial charge in [0.15, 0.2) is 10.9 Å². The Morgan fingerprint density at radius 1 is 1.23 bits per heavy atom. The van der Waals surface area contributed by atoms with Crippen molar-refractivity contribution < 1.29 is 14.6 Å². The molecule has 0 bridgehead atoms. The number of benzene rings is 2. The van der Waals surface area contributed by atoms with E-state index in [9.17, 15) is 9.90 Å². The number of aliphatic hydroxyl groups is 1. The van der Waals surface area contributed by atoms with E-state index >= 15 is 0 Å². The topological polar surface area (TPSA) is 85.4 Å². The second-order valence-corrected chi connectivity index (χ2v) is 7.53. The monoisotopic (exact) mass is 366 g/mol. The van der Waals surface area contributed by atoms with Crippen molar-refractivity contribution in [3.63, 3.8) is 0 Å². The Hall–Kier alpha value is -2.86. The molecule has 5 nitrogen and oxygen atoms in total. The number of nitrogens with zero attached hydrogens (tertiary/aromatic N) is 1. The lowest BCUT2D eigenvalue weighted by Gasteiger charge is -2.22. The standard InChI is InChI=1S/C20H18N2O3S/c1-10(2)25-15-6-4-3-5-12(15)13-9-11-7-8-14-19(26-20(21)22-14)16(11)18(24)17(13)23/h3-8,10,23H,9H2,1-2H3,(H2,21,22). The average molecular weight is 366 g/mol. The van der Waals surface area contributed by atoms with Gasteiger partial charge in [0.25, 0.3) is 0 Å². The number of para-hydroxylation sites is 1. The molecule has 1 aliphatic carbocycles. The minimum absolute atomic E-state index is 0.00901. The van der Waals surface area contributed by atoms with E-state index in [1.54, 1.807) is 0 Å². The first-order chi connectivity index (χ1) is 12.5. The van der Waals surface area contributed by atoms with Crippen LogP contribution >= 0.6 is 11.3 Å². The van der Waals surface area contributed by atoms with Crippen molar-refractivity contribution in [2.75, 3.05) is 5.73 Å². The van der Waals surface area contributed by atoms with Gasteiger partial charge in [0.05, 0.1) is 16.3 Å². The third-order valence-electron chi connectivity index (χ3n) is 4.33. The Kier molecular flexibility index (Phi) is 3.92. The van der Waals surface area contributed by atoms with Crippen LogP contribution in [0.1, 0.15) is 35.3 Å². The van der Waals surface area contributed by atoms with Crippen LogP contribution < -0.4 is 10.5 Å². The van der Waals surface area contributed by atoms with Gasteiger partial charge in [-0.2, -0.15) is 0 Å². The van der Waals surface area contributed by atoms with E-state index in [2.05, 4.69) is 4.98 Å². The fourth-order valence-electron chi connectivity index (χ4n) is 3.27. The molecule has 1 aromatic heterocycles. The van der Waals surface area contributed by atoms with Crippen molar-refractivity contribution in [3.8, 4) is 5.75 Å². The van der Waals surface area contributed by atoms with E-state index in [0.29, 0.717) is 34.0 Å². The third-order valence-corrected chi connectivity index (χ3v) is 5.25. The molecule has 0 fully saturated rings. The van der Waals surface area contributed by atoms with Crippen molar-refractivity contribution in [1.82, 2.24) is 4.98 Å². The van der Waals surface area contributed by atoms with Crippen LogP contribution in [0.25, 0.3) is 15.8 Å². The molecule has 1 aliphatic rings. The van der Waals surface area contributed by atoms with Crippen molar-refractivity contribution in [2.24, 2.45) is 0 Å². The number of nitrogen functional groups attached to an aromatic ring is 1. The van der Waals surface area contributed by atoms with Crippen molar-refractivity contribution in [2.45, 2.75) is 26.4 Å². The molecule has 4 rings (SSSR count). The highest BCUT2D eigenvalue weighted by molar-refractivity contribution is 7.22. The van der Waals surface area contributed by atoms with Crippen LogP contribution in [0.4, 0.5) is 5.13 Å². The lowest BCUT2D eigenvalue weighted by atomic mass is 9.85. The molecule has 3 aromatic rings. The lowest BCUT2D eigenvalue weighted by molar-refractivity contribution is 0.0977. The summed E-state index contributed by atoms with van der Waals surface area (Å²) in [6.45, 7) is 3.88. The molecule has 132 valence electrons. The molecule has 2 aromatic carbocycles. The number of carbonyl (C=O) groups is 1. The number of fused-ring (bicyclic) bond motifs is 3. The molecule has 0 unspecified atom stereocenters. The van der Waals surface area contributed by atoms with Gasteiger partial charge < -0.3 is 15.6 Å². The van der Waals surface area contributed by atoms with Crippen LogP contribution in [0.3, 0.4) is 0 Å². The third kappa shape index (κ3) is 2.63. The van der Waals surface area contributed by atoms with Crippen molar-refractivity contribution >= 4 is 38.0 Å². The lowest BCUT2D eigenvalue weighted by Crippen LogP contribution is -2.17. The summed E-state index contributed by atoms with van der Waals surface area (Å²) in [7, 11) is 0. The van der Waals surface area contributed by atoms with Crippen LogP contribution in [0.2, 0.25) is 0 Å². The van der Waals surface area contributed by atoms with Crippen LogP contribution in [0.15, 0.2) is 42.2 Å². The molecule has 1 heterocycles. The summed E-state index contributed by atoms with van der Waals surface area (Å²) in [5, 5.41) is 11.1. The highest BCUT2D eigenvalue weighted by Gasteiger charge is 2.30. The molecule has 0 saturated carbocycles. The summed E-state index contributed by atoms with van der Waals surface area (Å²) in [4.78, 5) is 17.2. The number of aromatic nitrogens is 1. The Morgan fingerprint density at radius 2 is 2.00 bits per heavy atom. The van der Waals surface area contributed by atoms with Gasteiger partial charge in [-0.3, -0.25) is 4.79 Å². The zero-order valence-corrected chi connectivity index (χ0v) is 15.3. The summed E-state index contributed by atoms with van der Waals surface area (Å²) in [5.41, 5.74) is 9.15. The number of nitrogens with two attached hydrogens (primary N) is 1. The van der Waals surface area contributed by atoms with E-state index in [1.165, 1.54) is 11.3 Å². The van der Waals surface area contributed by atoms with Crippen LogP contribution in [0.5, 0.6) is 5.75 Å². The molecule has 6 heteroatoms. The van der Waals surface area contributed by atoms with E-state index < -0.39 is 5.78 Å². The number of hydrogen-bond donors (Lipinski definition) is 2. The molecule has 0 saturated heterocycles. The first-order valence-corrected chi connectivity index (χ1v) is 9.18. The molecule has 3 N–H and O–H groups in total. The summed E-state index contributed by atoms with van der Waals surface area (Å²) >= 11 is 1.27. The zero-order chi connectivity index (χ0) is 18.4. The quantitative estimate of drug-likeness (QED) is 0.719. The smallest absolute Gasteiger partial charge is 0.229 e. The van der Waals surface area contributed by atoms with E-state index in [-0.39, 0.29) is 11.9 Å². The highest BCUT2D eigenvalue weighted by atomic mass is 32.1. The molecule has 26 heavy (non-hydrogen) atoms. The minimum atomic E-state index is -0.394. The first kappa shape index (κ1) is 16.6. The maximum atomic E-state index is 12.9. The van der Waals surface area contributed by atoms with Crippen LogP contribution in [-0.2, 0) is 6.42 Å².